The SMILES string of the molecule is CC(C)(C)[Si](C)(C)O[C@H](CN=[N+]=[N-])c1ncn(C2CCCC2)c1N. The van der Waals surface area contributed by atoms with Crippen LogP contribution in [0.5, 0.6) is 0 Å². The van der Waals surface area contributed by atoms with Crippen molar-refractivity contribution in [1.82, 2.24) is 9.55 Å². The molecule has 1 aromatic heterocycles. The predicted molar refractivity (Wildman–Crippen MR) is 99.2 cm³/mol. The van der Waals surface area contributed by atoms with E-state index in [2.05, 4.69) is 53.4 Å². The van der Waals surface area contributed by atoms with Crippen LogP contribution in [0.4, 0.5) is 5.82 Å². The van der Waals surface area contributed by atoms with E-state index in [4.69, 9.17) is 15.7 Å². The van der Waals surface area contributed by atoms with Gasteiger partial charge in [-0.05, 0) is 36.5 Å². The zero-order valence-electron chi connectivity index (χ0n) is 15.5. The van der Waals surface area contributed by atoms with Crippen LogP contribution in [0, 0.1) is 0 Å². The molecule has 0 aliphatic heterocycles. The van der Waals surface area contributed by atoms with Gasteiger partial charge in [-0.25, -0.2) is 4.98 Å². The zero-order chi connectivity index (χ0) is 18.0. The van der Waals surface area contributed by atoms with Crippen molar-refractivity contribution in [2.45, 2.75) is 76.7 Å². The molecule has 0 aromatic carbocycles. The molecule has 1 saturated carbocycles. The van der Waals surface area contributed by atoms with Crippen LogP contribution in [0.1, 0.15) is 64.3 Å². The van der Waals surface area contributed by atoms with E-state index in [-0.39, 0.29) is 17.7 Å². The monoisotopic (exact) mass is 350 g/mol. The summed E-state index contributed by atoms with van der Waals surface area (Å²) in [7, 11) is -2.03. The number of hydrogen-bond acceptors (Lipinski definition) is 4. The van der Waals surface area contributed by atoms with Gasteiger partial charge in [-0.15, -0.1) is 0 Å². The fourth-order valence-corrected chi connectivity index (χ4v) is 4.18. The quantitative estimate of drug-likeness (QED) is 0.339. The fraction of sp³-hybridized carbons (Fsp3) is 0.812. The van der Waals surface area contributed by atoms with E-state index in [1.54, 1.807) is 0 Å². The van der Waals surface area contributed by atoms with Crippen molar-refractivity contribution in [3.05, 3.63) is 22.5 Å². The lowest BCUT2D eigenvalue weighted by atomic mass is 10.2. The van der Waals surface area contributed by atoms with E-state index >= 15 is 0 Å². The number of imidazole rings is 1. The normalized spacial score (nSPS) is 17.7. The molecule has 7 nitrogen and oxygen atoms in total. The smallest absolute Gasteiger partial charge is 0.192 e. The summed E-state index contributed by atoms with van der Waals surface area (Å²) in [4.78, 5) is 7.42. The van der Waals surface area contributed by atoms with Crippen molar-refractivity contribution < 1.29 is 4.43 Å². The lowest BCUT2D eigenvalue weighted by molar-refractivity contribution is 0.188. The second kappa shape index (κ2) is 7.17. The van der Waals surface area contributed by atoms with E-state index in [0.29, 0.717) is 17.6 Å². The van der Waals surface area contributed by atoms with Crippen LogP contribution in [-0.2, 0) is 4.43 Å². The van der Waals surface area contributed by atoms with Gasteiger partial charge in [0.1, 0.15) is 11.5 Å². The number of nitrogens with zero attached hydrogens (tertiary/aromatic N) is 5. The summed E-state index contributed by atoms with van der Waals surface area (Å²) in [6.07, 6.45) is 6.19. The summed E-state index contributed by atoms with van der Waals surface area (Å²) in [5.74, 6) is 0.652. The minimum atomic E-state index is -2.03. The maximum absolute atomic E-state index is 8.72. The third-order valence-electron chi connectivity index (χ3n) is 5.44. The number of azide groups is 1. The van der Waals surface area contributed by atoms with E-state index in [9.17, 15) is 0 Å². The number of aromatic nitrogens is 2. The molecule has 0 saturated heterocycles. The predicted octanol–water partition coefficient (Wildman–Crippen LogP) is 4.95. The van der Waals surface area contributed by atoms with Gasteiger partial charge >= 0.3 is 0 Å². The summed E-state index contributed by atoms with van der Waals surface area (Å²) in [5, 5.41) is 3.80. The first kappa shape index (κ1) is 18.8. The van der Waals surface area contributed by atoms with Gasteiger partial charge in [-0.1, -0.05) is 38.7 Å². The van der Waals surface area contributed by atoms with Gasteiger partial charge in [0.2, 0.25) is 0 Å². The van der Waals surface area contributed by atoms with Crippen molar-refractivity contribution in [1.29, 1.82) is 0 Å². The summed E-state index contributed by atoms with van der Waals surface area (Å²) in [6.45, 7) is 11.1. The van der Waals surface area contributed by atoms with Crippen LogP contribution in [0.25, 0.3) is 10.4 Å². The Hall–Kier alpha value is -1.50. The fourth-order valence-electron chi connectivity index (χ4n) is 2.93. The lowest BCUT2D eigenvalue weighted by Crippen LogP contribution is -2.42. The van der Waals surface area contributed by atoms with Crippen molar-refractivity contribution in [2.24, 2.45) is 5.11 Å². The van der Waals surface area contributed by atoms with Crippen LogP contribution < -0.4 is 5.73 Å². The summed E-state index contributed by atoms with van der Waals surface area (Å²) < 4.78 is 8.54. The molecule has 0 unspecified atom stereocenters. The number of hydrogen-bond donors (Lipinski definition) is 1. The van der Waals surface area contributed by atoms with Gasteiger partial charge in [0.25, 0.3) is 0 Å². The van der Waals surface area contributed by atoms with Crippen molar-refractivity contribution in [3.8, 4) is 0 Å². The minimum Gasteiger partial charge on any atom is -0.408 e. The van der Waals surface area contributed by atoms with Crippen molar-refractivity contribution in [3.63, 3.8) is 0 Å². The molecular weight excluding hydrogens is 320 g/mol. The molecule has 2 rings (SSSR count). The molecule has 1 aromatic rings. The van der Waals surface area contributed by atoms with Crippen molar-refractivity contribution >= 4 is 14.1 Å². The first-order valence-electron chi connectivity index (χ1n) is 8.68. The molecule has 1 fully saturated rings. The van der Waals surface area contributed by atoms with Gasteiger partial charge in [0.05, 0.1) is 19.0 Å². The van der Waals surface area contributed by atoms with Gasteiger partial charge < -0.3 is 14.7 Å². The Labute approximate surface area is 145 Å². The molecule has 0 radical (unpaired) electrons. The molecule has 2 N–H and O–H groups in total. The number of nitrogen functional groups attached to an aromatic ring is 1. The zero-order valence-corrected chi connectivity index (χ0v) is 16.5. The molecule has 0 bridgehead atoms. The molecule has 24 heavy (non-hydrogen) atoms. The van der Waals surface area contributed by atoms with Crippen LogP contribution in [0.3, 0.4) is 0 Å². The first-order valence-corrected chi connectivity index (χ1v) is 11.6. The Morgan fingerprint density at radius 1 is 1.46 bits per heavy atom. The number of rotatable bonds is 6. The molecule has 134 valence electrons. The van der Waals surface area contributed by atoms with Crippen LogP contribution in [0.2, 0.25) is 18.1 Å². The Morgan fingerprint density at radius 2 is 2.08 bits per heavy atom. The van der Waals surface area contributed by atoms with E-state index in [1.165, 1.54) is 12.8 Å². The summed E-state index contributed by atoms with van der Waals surface area (Å²) >= 11 is 0. The number of nitrogens with two attached hydrogens (primary N) is 1. The van der Waals surface area contributed by atoms with Crippen LogP contribution in [0.15, 0.2) is 11.4 Å². The second-order valence-electron chi connectivity index (χ2n) is 8.14. The molecule has 1 aliphatic carbocycles. The largest absolute Gasteiger partial charge is 0.408 e. The summed E-state index contributed by atoms with van der Waals surface area (Å²) in [6, 6.07) is 0.430. The maximum atomic E-state index is 8.72. The molecule has 1 aliphatic rings. The highest BCUT2D eigenvalue weighted by Crippen LogP contribution is 2.41. The molecular formula is C16H30N6OSi. The van der Waals surface area contributed by atoms with E-state index in [1.807, 2.05) is 6.33 Å². The standard InChI is InChI=1S/C16H30N6OSi/c1-16(2,3)24(4,5)23-13(10-20-21-18)14-15(17)22(11-19-14)12-8-6-7-9-12/h11-13H,6-10,17H2,1-5H3/t13-/m1/s1. The first-order chi connectivity index (χ1) is 11.2. The topological polar surface area (TPSA) is 102 Å². The molecule has 8 heteroatoms. The van der Waals surface area contributed by atoms with E-state index in [0.717, 1.165) is 12.8 Å². The third-order valence-corrected chi connectivity index (χ3v) is 9.92. The van der Waals surface area contributed by atoms with Gasteiger partial charge in [-0.3, -0.25) is 0 Å². The molecule has 1 heterocycles. The molecule has 1 atom stereocenters. The van der Waals surface area contributed by atoms with Crippen LogP contribution >= 0.6 is 0 Å². The summed E-state index contributed by atoms with van der Waals surface area (Å²) in [5.41, 5.74) is 15.8. The van der Waals surface area contributed by atoms with Gasteiger partial charge in [0, 0.05) is 11.0 Å². The highest BCUT2D eigenvalue weighted by atomic mass is 28.4. The lowest BCUT2D eigenvalue weighted by Gasteiger charge is -2.38. The Bertz CT molecular complexity index is 609. The molecule has 0 spiro atoms. The van der Waals surface area contributed by atoms with Crippen LogP contribution in [-0.4, -0.2) is 24.4 Å². The number of anilines is 1. The average Bonchev–Trinajstić information content (AvgIpc) is 3.11. The average molecular weight is 351 g/mol. The maximum Gasteiger partial charge on any atom is 0.192 e. The third kappa shape index (κ3) is 3.94. The van der Waals surface area contributed by atoms with Gasteiger partial charge in [0.15, 0.2) is 8.32 Å². The van der Waals surface area contributed by atoms with E-state index < -0.39 is 8.32 Å². The highest BCUT2D eigenvalue weighted by Gasteiger charge is 2.40. The molecule has 0 amide bonds. The Morgan fingerprint density at radius 3 is 2.62 bits per heavy atom. The Balaban J connectivity index is 2.29. The van der Waals surface area contributed by atoms with Crippen molar-refractivity contribution in [2.75, 3.05) is 12.3 Å². The highest BCUT2D eigenvalue weighted by molar-refractivity contribution is 6.74. The minimum absolute atomic E-state index is 0.0599. The van der Waals surface area contributed by atoms with Gasteiger partial charge in [-0.2, -0.15) is 0 Å². The second-order valence-corrected chi connectivity index (χ2v) is 12.9. The Kier molecular flexibility index (Phi) is 5.62.